The van der Waals surface area contributed by atoms with E-state index < -0.39 is 0 Å². The van der Waals surface area contributed by atoms with Crippen LogP contribution in [0.15, 0.2) is 24.3 Å². The normalized spacial score (nSPS) is 19.3. The molecule has 0 radical (unpaired) electrons. The van der Waals surface area contributed by atoms with Crippen LogP contribution in [0.1, 0.15) is 12.8 Å². The first-order valence-electron chi connectivity index (χ1n) is 6.98. The molecule has 0 bridgehead atoms. The first kappa shape index (κ1) is 13.1. The third kappa shape index (κ3) is 2.41. The van der Waals surface area contributed by atoms with E-state index in [4.69, 9.17) is 9.72 Å². The molecule has 0 aliphatic carbocycles. The number of aliphatic hydroxyl groups is 1. The first-order chi connectivity index (χ1) is 9.81. The topological polar surface area (TPSA) is 58.5 Å². The first-order valence-corrected chi connectivity index (χ1v) is 6.98. The van der Waals surface area contributed by atoms with Gasteiger partial charge in [0.1, 0.15) is 0 Å². The number of aromatic nitrogens is 2. The lowest BCUT2D eigenvalue weighted by Gasteiger charge is -2.33. The van der Waals surface area contributed by atoms with Gasteiger partial charge in [0.15, 0.2) is 5.82 Å². The van der Waals surface area contributed by atoms with Gasteiger partial charge in [-0.2, -0.15) is 0 Å². The van der Waals surface area contributed by atoms with Crippen molar-refractivity contribution in [1.82, 2.24) is 9.97 Å². The van der Waals surface area contributed by atoms with Crippen LogP contribution in [-0.2, 0) is 0 Å². The largest absolute Gasteiger partial charge is 0.478 e. The maximum atomic E-state index is 9.36. The van der Waals surface area contributed by atoms with E-state index in [9.17, 15) is 5.11 Å². The van der Waals surface area contributed by atoms with E-state index in [1.807, 2.05) is 24.3 Å². The number of hydrogen-bond acceptors (Lipinski definition) is 5. The van der Waals surface area contributed by atoms with Gasteiger partial charge in [0.05, 0.1) is 18.1 Å². The molecule has 5 nitrogen and oxygen atoms in total. The Labute approximate surface area is 118 Å². The molecule has 1 aromatic heterocycles. The Kier molecular flexibility index (Phi) is 3.69. The highest BCUT2D eigenvalue weighted by atomic mass is 16.5. The van der Waals surface area contributed by atoms with Crippen LogP contribution in [0.2, 0.25) is 0 Å². The van der Waals surface area contributed by atoms with E-state index in [-0.39, 0.29) is 6.61 Å². The van der Waals surface area contributed by atoms with Gasteiger partial charge in [-0.05, 0) is 30.9 Å². The molecule has 1 N–H and O–H groups in total. The Morgan fingerprint density at radius 3 is 2.75 bits per heavy atom. The smallest absolute Gasteiger partial charge is 0.257 e. The molecule has 20 heavy (non-hydrogen) atoms. The molecule has 0 spiro atoms. The average Bonchev–Trinajstić information content (AvgIpc) is 2.53. The lowest BCUT2D eigenvalue weighted by Crippen LogP contribution is -2.37. The fourth-order valence-electron chi connectivity index (χ4n) is 2.72. The summed E-state index contributed by atoms with van der Waals surface area (Å²) in [7, 11) is 1.62. The molecule has 1 aromatic carbocycles. The lowest BCUT2D eigenvalue weighted by molar-refractivity contribution is 0.208. The zero-order valence-corrected chi connectivity index (χ0v) is 11.6. The van der Waals surface area contributed by atoms with Gasteiger partial charge in [0, 0.05) is 19.7 Å². The highest BCUT2D eigenvalue weighted by Crippen LogP contribution is 2.30. The molecular weight excluding hydrogens is 254 g/mol. The Morgan fingerprint density at radius 2 is 2.05 bits per heavy atom. The van der Waals surface area contributed by atoms with Crippen molar-refractivity contribution in [2.45, 2.75) is 12.8 Å². The molecule has 0 saturated carbocycles. The van der Waals surface area contributed by atoms with Crippen LogP contribution >= 0.6 is 0 Å². The Bertz CT molecular complexity index is 603. The van der Waals surface area contributed by atoms with Crippen LogP contribution in [-0.4, -0.2) is 41.9 Å². The number of rotatable bonds is 3. The van der Waals surface area contributed by atoms with Crippen LogP contribution in [0.5, 0.6) is 5.88 Å². The average molecular weight is 273 g/mol. The van der Waals surface area contributed by atoms with E-state index in [1.54, 1.807) is 7.11 Å². The monoisotopic (exact) mass is 273 g/mol. The minimum absolute atomic E-state index is 0.222. The van der Waals surface area contributed by atoms with Crippen molar-refractivity contribution in [1.29, 1.82) is 0 Å². The quantitative estimate of drug-likeness (QED) is 0.924. The number of methoxy groups -OCH3 is 1. The lowest BCUT2D eigenvalue weighted by atomic mass is 9.99. The second-order valence-electron chi connectivity index (χ2n) is 5.18. The van der Waals surface area contributed by atoms with Crippen LogP contribution in [0.25, 0.3) is 11.0 Å². The summed E-state index contributed by atoms with van der Waals surface area (Å²) < 4.78 is 5.40. The van der Waals surface area contributed by atoms with Crippen molar-refractivity contribution >= 4 is 16.9 Å². The van der Waals surface area contributed by atoms with Crippen molar-refractivity contribution in [3.05, 3.63) is 24.3 Å². The highest BCUT2D eigenvalue weighted by molar-refractivity contribution is 5.77. The van der Waals surface area contributed by atoms with Crippen molar-refractivity contribution in [3.63, 3.8) is 0 Å². The van der Waals surface area contributed by atoms with Gasteiger partial charge in [-0.1, -0.05) is 12.1 Å². The molecule has 5 heteroatoms. The molecule has 2 heterocycles. The van der Waals surface area contributed by atoms with Crippen LogP contribution in [0, 0.1) is 5.92 Å². The second-order valence-corrected chi connectivity index (χ2v) is 5.18. The number of ether oxygens (including phenoxy) is 1. The molecule has 0 amide bonds. The number of aliphatic hydroxyl groups excluding tert-OH is 1. The van der Waals surface area contributed by atoms with E-state index in [2.05, 4.69) is 9.88 Å². The molecule has 1 aliphatic rings. The fraction of sp³-hybridized carbons (Fsp3) is 0.467. The van der Waals surface area contributed by atoms with Gasteiger partial charge < -0.3 is 14.7 Å². The van der Waals surface area contributed by atoms with E-state index in [1.165, 1.54) is 0 Å². The third-order valence-corrected chi connectivity index (χ3v) is 3.79. The Morgan fingerprint density at radius 1 is 1.30 bits per heavy atom. The van der Waals surface area contributed by atoms with Crippen LogP contribution < -0.4 is 9.64 Å². The zero-order chi connectivity index (χ0) is 13.9. The molecule has 1 aliphatic heterocycles. The molecule has 1 fully saturated rings. The number of benzene rings is 1. The molecule has 106 valence electrons. The fourth-order valence-corrected chi connectivity index (χ4v) is 2.72. The summed E-state index contributed by atoms with van der Waals surface area (Å²) in [5, 5.41) is 9.36. The van der Waals surface area contributed by atoms with Gasteiger partial charge in [-0.25, -0.2) is 9.97 Å². The van der Waals surface area contributed by atoms with Gasteiger partial charge in [0.2, 0.25) is 0 Å². The maximum absolute atomic E-state index is 9.36. The number of piperidine rings is 1. The number of para-hydroxylation sites is 2. The summed E-state index contributed by atoms with van der Waals surface area (Å²) >= 11 is 0. The number of hydrogen-bond donors (Lipinski definition) is 1. The molecular formula is C15H19N3O2. The zero-order valence-electron chi connectivity index (χ0n) is 11.6. The Balaban J connectivity index is 2.00. The second kappa shape index (κ2) is 5.63. The molecule has 1 atom stereocenters. The summed E-state index contributed by atoms with van der Waals surface area (Å²) in [4.78, 5) is 11.4. The molecule has 2 aromatic rings. The SMILES string of the molecule is COc1nc2ccccc2nc1N1CCCC(CO)C1. The Hall–Kier alpha value is -1.88. The maximum Gasteiger partial charge on any atom is 0.257 e. The minimum Gasteiger partial charge on any atom is -0.478 e. The van der Waals surface area contributed by atoms with E-state index in [0.29, 0.717) is 11.8 Å². The van der Waals surface area contributed by atoms with Gasteiger partial charge in [-0.15, -0.1) is 0 Å². The van der Waals surface area contributed by atoms with Crippen molar-refractivity contribution in [2.75, 3.05) is 31.7 Å². The number of fused-ring (bicyclic) bond motifs is 1. The van der Waals surface area contributed by atoms with Gasteiger partial charge in [0.25, 0.3) is 5.88 Å². The van der Waals surface area contributed by atoms with Gasteiger partial charge in [-0.3, -0.25) is 0 Å². The number of anilines is 1. The molecule has 1 saturated heterocycles. The summed E-state index contributed by atoms with van der Waals surface area (Å²) in [5.41, 5.74) is 1.71. The van der Waals surface area contributed by atoms with Crippen molar-refractivity contribution in [3.8, 4) is 5.88 Å². The summed E-state index contributed by atoms with van der Waals surface area (Å²) in [6.45, 7) is 1.96. The standard InChI is InChI=1S/C15H19N3O2/c1-20-15-14(18-8-4-5-11(9-18)10-19)16-12-6-2-3-7-13(12)17-15/h2-3,6-7,11,19H,4-5,8-10H2,1H3. The predicted molar refractivity (Wildman–Crippen MR) is 78.1 cm³/mol. The van der Waals surface area contributed by atoms with Crippen molar-refractivity contribution < 1.29 is 9.84 Å². The highest BCUT2D eigenvalue weighted by Gasteiger charge is 2.23. The third-order valence-electron chi connectivity index (χ3n) is 3.79. The van der Waals surface area contributed by atoms with Crippen molar-refractivity contribution in [2.24, 2.45) is 5.92 Å². The van der Waals surface area contributed by atoms with Crippen LogP contribution in [0.3, 0.4) is 0 Å². The minimum atomic E-state index is 0.222. The van der Waals surface area contributed by atoms with E-state index >= 15 is 0 Å². The molecule has 1 unspecified atom stereocenters. The summed E-state index contributed by atoms with van der Waals surface area (Å²) in [6.07, 6.45) is 2.12. The number of nitrogens with zero attached hydrogens (tertiary/aromatic N) is 3. The van der Waals surface area contributed by atoms with Gasteiger partial charge >= 0.3 is 0 Å². The summed E-state index contributed by atoms with van der Waals surface area (Å²) in [5.74, 6) is 1.65. The molecule has 3 rings (SSSR count). The predicted octanol–water partition coefficient (Wildman–Crippen LogP) is 1.85. The van der Waals surface area contributed by atoms with Crippen LogP contribution in [0.4, 0.5) is 5.82 Å². The van der Waals surface area contributed by atoms with E-state index in [0.717, 1.165) is 42.8 Å². The summed E-state index contributed by atoms with van der Waals surface area (Å²) in [6, 6.07) is 7.79.